The van der Waals surface area contributed by atoms with E-state index in [1.165, 1.54) is 11.3 Å². The smallest absolute Gasteiger partial charge is 0.264 e. The molecule has 0 spiro atoms. The van der Waals surface area contributed by atoms with Gasteiger partial charge in [-0.15, -0.1) is 0 Å². The minimum Gasteiger partial charge on any atom is -0.483 e. The predicted molar refractivity (Wildman–Crippen MR) is 141 cm³/mol. The molecule has 0 bridgehead atoms. The van der Waals surface area contributed by atoms with Crippen molar-refractivity contribution in [2.45, 2.75) is 13.5 Å². The molecule has 4 rings (SSSR count). The second-order valence-electron chi connectivity index (χ2n) is 8.35. The Balaban J connectivity index is 1.20. The number of hydrogen-bond donors (Lipinski definition) is 2. The zero-order chi connectivity index (χ0) is 23.8. The summed E-state index contributed by atoms with van der Waals surface area (Å²) >= 11 is 5.28. The third kappa shape index (κ3) is 6.79. The van der Waals surface area contributed by atoms with Gasteiger partial charge in [-0.1, -0.05) is 48.5 Å². The van der Waals surface area contributed by atoms with E-state index in [4.69, 9.17) is 17.0 Å². The number of nitrogens with one attached hydrogen (secondary N) is 2. The lowest BCUT2D eigenvalue weighted by Crippen LogP contribution is -2.45. The van der Waals surface area contributed by atoms with Gasteiger partial charge in [0.05, 0.1) is 0 Å². The topological polar surface area (TPSA) is 56.8 Å². The number of nitrogens with zero attached hydrogens (tertiary/aromatic N) is 2. The van der Waals surface area contributed by atoms with Crippen LogP contribution in [0.2, 0.25) is 0 Å². The van der Waals surface area contributed by atoms with E-state index in [1.54, 1.807) is 0 Å². The number of benzene rings is 3. The minimum absolute atomic E-state index is 0.0954. The molecule has 1 fully saturated rings. The second-order valence-corrected chi connectivity index (χ2v) is 8.76. The molecule has 1 heterocycles. The maximum atomic E-state index is 12.2. The molecule has 0 aliphatic carbocycles. The third-order valence-electron chi connectivity index (χ3n) is 5.82. The van der Waals surface area contributed by atoms with E-state index < -0.39 is 0 Å². The van der Waals surface area contributed by atoms with E-state index in [2.05, 4.69) is 62.9 Å². The van der Waals surface area contributed by atoms with Crippen molar-refractivity contribution in [1.82, 2.24) is 10.2 Å². The molecular weight excluding hydrogens is 444 g/mol. The molecule has 7 heteroatoms. The van der Waals surface area contributed by atoms with Crippen molar-refractivity contribution in [2.24, 2.45) is 0 Å². The summed E-state index contributed by atoms with van der Waals surface area (Å²) in [5.74, 6) is 0.388. The maximum Gasteiger partial charge on any atom is 0.264 e. The van der Waals surface area contributed by atoms with Crippen molar-refractivity contribution in [3.05, 3.63) is 90.0 Å². The van der Waals surface area contributed by atoms with Gasteiger partial charge in [0.15, 0.2) is 11.7 Å². The molecule has 0 saturated carbocycles. The number of carbonyl (C=O) groups excluding carboxylic acids is 1. The van der Waals surface area contributed by atoms with Crippen molar-refractivity contribution in [3.63, 3.8) is 0 Å². The number of ether oxygens (including phenoxy) is 1. The Kier molecular flexibility index (Phi) is 8.12. The molecular formula is C27H30N4O2S. The molecule has 0 radical (unpaired) electrons. The highest BCUT2D eigenvalue weighted by molar-refractivity contribution is 7.80. The fourth-order valence-electron chi connectivity index (χ4n) is 3.95. The van der Waals surface area contributed by atoms with E-state index in [0.29, 0.717) is 5.75 Å². The number of amides is 1. The summed E-state index contributed by atoms with van der Waals surface area (Å²) in [6.07, 6.45) is 0. The molecule has 2 N–H and O–H groups in total. The highest BCUT2D eigenvalue weighted by atomic mass is 32.1. The van der Waals surface area contributed by atoms with Crippen LogP contribution in [0.25, 0.3) is 0 Å². The molecule has 0 atom stereocenters. The fourth-order valence-corrected chi connectivity index (χ4v) is 4.18. The van der Waals surface area contributed by atoms with Crippen molar-refractivity contribution < 1.29 is 9.53 Å². The number of piperazine rings is 1. The highest BCUT2D eigenvalue weighted by Crippen LogP contribution is 2.20. The van der Waals surface area contributed by atoms with Gasteiger partial charge >= 0.3 is 0 Å². The number of rotatable bonds is 7. The molecule has 0 aromatic heterocycles. The molecule has 1 amide bonds. The number of aryl methyl sites for hydroxylation is 1. The molecule has 34 heavy (non-hydrogen) atoms. The summed E-state index contributed by atoms with van der Waals surface area (Å²) in [7, 11) is 0. The van der Waals surface area contributed by atoms with Crippen molar-refractivity contribution in [1.29, 1.82) is 0 Å². The van der Waals surface area contributed by atoms with Gasteiger partial charge < -0.3 is 15.0 Å². The fraction of sp³-hybridized carbons (Fsp3) is 0.259. The van der Waals surface area contributed by atoms with E-state index in [9.17, 15) is 4.79 Å². The Morgan fingerprint density at radius 1 is 0.912 bits per heavy atom. The minimum atomic E-state index is -0.300. The average Bonchev–Trinajstić information content (AvgIpc) is 2.85. The number of carbonyl (C=O) groups is 1. The summed E-state index contributed by atoms with van der Waals surface area (Å²) in [6.45, 7) is 6.90. The van der Waals surface area contributed by atoms with Crippen LogP contribution in [0.3, 0.4) is 0 Å². The number of thiocarbonyl (C=S) groups is 1. The highest BCUT2D eigenvalue weighted by Gasteiger charge is 2.17. The Labute approximate surface area is 206 Å². The third-order valence-corrected chi connectivity index (χ3v) is 6.02. The van der Waals surface area contributed by atoms with Gasteiger partial charge in [0, 0.05) is 44.1 Å². The zero-order valence-corrected chi connectivity index (χ0v) is 20.2. The first-order chi connectivity index (χ1) is 16.6. The van der Waals surface area contributed by atoms with Gasteiger partial charge in [-0.3, -0.25) is 15.0 Å². The summed E-state index contributed by atoms with van der Waals surface area (Å²) in [5.41, 5.74) is 4.35. The van der Waals surface area contributed by atoms with Crippen LogP contribution in [0, 0.1) is 6.92 Å². The number of para-hydroxylation sites is 1. The van der Waals surface area contributed by atoms with E-state index >= 15 is 0 Å². The van der Waals surface area contributed by atoms with Gasteiger partial charge in [-0.05, 0) is 60.6 Å². The first-order valence-electron chi connectivity index (χ1n) is 11.5. The molecule has 6 nitrogen and oxygen atoms in total. The van der Waals surface area contributed by atoms with Crippen LogP contribution in [0.4, 0.5) is 11.4 Å². The zero-order valence-electron chi connectivity index (χ0n) is 19.4. The second kappa shape index (κ2) is 11.6. The van der Waals surface area contributed by atoms with E-state index in [1.807, 2.05) is 43.3 Å². The van der Waals surface area contributed by atoms with Crippen LogP contribution < -0.4 is 20.3 Å². The van der Waals surface area contributed by atoms with Crippen LogP contribution >= 0.6 is 12.2 Å². The van der Waals surface area contributed by atoms with Crippen LogP contribution in [-0.2, 0) is 11.3 Å². The normalized spacial score (nSPS) is 13.9. The number of hydrogen-bond acceptors (Lipinski definition) is 5. The number of anilines is 2. The Morgan fingerprint density at radius 3 is 2.29 bits per heavy atom. The molecule has 176 valence electrons. The van der Waals surface area contributed by atoms with E-state index in [-0.39, 0.29) is 17.6 Å². The average molecular weight is 475 g/mol. The standard InChI is InChI=1S/C27H30N4O2S/c1-21-7-5-6-10-25(21)33-20-26(32)29-27(34)28-23-11-13-24(14-12-23)31-17-15-30(16-18-31)19-22-8-3-2-4-9-22/h2-14H,15-20H2,1H3,(H2,28,29,32,34). The maximum absolute atomic E-state index is 12.2. The molecule has 1 saturated heterocycles. The van der Waals surface area contributed by atoms with Crippen LogP contribution in [0.15, 0.2) is 78.9 Å². The van der Waals surface area contributed by atoms with Crippen molar-refractivity contribution in [3.8, 4) is 5.75 Å². The quantitative estimate of drug-likeness (QED) is 0.501. The lowest BCUT2D eigenvalue weighted by atomic mass is 10.2. The summed E-state index contributed by atoms with van der Waals surface area (Å²) in [4.78, 5) is 17.0. The van der Waals surface area contributed by atoms with Crippen LogP contribution in [-0.4, -0.2) is 48.7 Å². The molecule has 1 aliphatic heterocycles. The van der Waals surface area contributed by atoms with Crippen LogP contribution in [0.1, 0.15) is 11.1 Å². The van der Waals surface area contributed by atoms with Crippen LogP contribution in [0.5, 0.6) is 5.75 Å². The predicted octanol–water partition coefficient (Wildman–Crippen LogP) is 4.21. The van der Waals surface area contributed by atoms with Crippen molar-refractivity contribution in [2.75, 3.05) is 43.0 Å². The van der Waals surface area contributed by atoms with Gasteiger partial charge in [-0.2, -0.15) is 0 Å². The lowest BCUT2D eigenvalue weighted by molar-refractivity contribution is -0.121. The molecule has 3 aromatic carbocycles. The largest absolute Gasteiger partial charge is 0.483 e. The Morgan fingerprint density at radius 2 is 1.59 bits per heavy atom. The molecule has 1 aliphatic rings. The van der Waals surface area contributed by atoms with Gasteiger partial charge in [0.2, 0.25) is 0 Å². The van der Waals surface area contributed by atoms with Gasteiger partial charge in [0.25, 0.3) is 5.91 Å². The first kappa shape index (κ1) is 23.7. The molecule has 3 aromatic rings. The van der Waals surface area contributed by atoms with Gasteiger partial charge in [-0.25, -0.2) is 0 Å². The monoisotopic (exact) mass is 474 g/mol. The molecule has 0 unspecified atom stereocenters. The SMILES string of the molecule is Cc1ccccc1OCC(=O)NC(=S)Nc1ccc(N2CCN(Cc3ccccc3)CC2)cc1. The Bertz CT molecular complexity index is 1100. The summed E-state index contributed by atoms with van der Waals surface area (Å²) in [5, 5.41) is 5.98. The van der Waals surface area contributed by atoms with E-state index in [0.717, 1.165) is 44.0 Å². The summed E-state index contributed by atoms with van der Waals surface area (Å²) < 4.78 is 5.56. The lowest BCUT2D eigenvalue weighted by Gasteiger charge is -2.36. The Hall–Kier alpha value is -3.42. The van der Waals surface area contributed by atoms with Crippen molar-refractivity contribution >= 4 is 34.6 Å². The first-order valence-corrected chi connectivity index (χ1v) is 11.9. The summed E-state index contributed by atoms with van der Waals surface area (Å²) in [6, 6.07) is 26.3. The van der Waals surface area contributed by atoms with Gasteiger partial charge in [0.1, 0.15) is 5.75 Å².